The molecule has 1 aromatic carbocycles. The van der Waals surface area contributed by atoms with E-state index in [0.29, 0.717) is 17.1 Å². The van der Waals surface area contributed by atoms with Crippen LogP contribution in [0.1, 0.15) is 5.69 Å². The van der Waals surface area contributed by atoms with Gasteiger partial charge in [0.05, 0.1) is 7.11 Å². The van der Waals surface area contributed by atoms with E-state index in [4.69, 9.17) is 0 Å². The van der Waals surface area contributed by atoms with Crippen molar-refractivity contribution in [2.45, 2.75) is 6.92 Å². The molecule has 0 aliphatic carbocycles. The van der Waals surface area contributed by atoms with Crippen LogP contribution < -0.4 is 5.32 Å². The zero-order chi connectivity index (χ0) is 15.2. The lowest BCUT2D eigenvalue weighted by atomic mass is 10.3. The van der Waals surface area contributed by atoms with Crippen LogP contribution in [0.15, 0.2) is 46.6 Å². The molecule has 7 heteroatoms. The quantitative estimate of drug-likeness (QED) is 0.841. The third-order valence-electron chi connectivity index (χ3n) is 2.57. The molecule has 0 unspecified atom stereocenters. The largest absolute Gasteiger partial charge is 0.506 e. The number of phenols is 1. The topological polar surface area (TPSA) is 96.2 Å². The number of para-hydroxylation sites is 1. The number of amides is 1. The molecule has 21 heavy (non-hydrogen) atoms. The molecule has 1 aromatic heterocycles. The zero-order valence-electron chi connectivity index (χ0n) is 11.6. The number of nitrogens with one attached hydrogen (secondary N) is 1. The number of carbonyl (C=O) groups is 1. The fourth-order valence-corrected chi connectivity index (χ4v) is 1.53. The lowest BCUT2D eigenvalue weighted by Crippen LogP contribution is -2.12. The number of hydrogen-bond acceptors (Lipinski definition) is 6. The van der Waals surface area contributed by atoms with Gasteiger partial charge in [0.1, 0.15) is 17.1 Å². The lowest BCUT2D eigenvalue weighted by Gasteiger charge is -2.06. The molecule has 0 saturated carbocycles. The van der Waals surface area contributed by atoms with Gasteiger partial charge in [-0.25, -0.2) is 9.78 Å². The summed E-state index contributed by atoms with van der Waals surface area (Å²) < 4.78 is 4.53. The summed E-state index contributed by atoms with van der Waals surface area (Å²) in [5, 5.41) is 20.0. The normalized spacial score (nSPS) is 10.6. The number of aryl methyl sites for hydroxylation is 1. The lowest BCUT2D eigenvalue weighted by molar-refractivity contribution is 0.187. The van der Waals surface area contributed by atoms with Gasteiger partial charge in [0.2, 0.25) is 0 Å². The Morgan fingerprint density at radius 2 is 1.90 bits per heavy atom. The molecule has 0 aliphatic rings. The highest BCUT2D eigenvalue weighted by Crippen LogP contribution is 2.29. The van der Waals surface area contributed by atoms with Crippen LogP contribution in [0.25, 0.3) is 0 Å². The maximum atomic E-state index is 11.3. The second-order valence-electron chi connectivity index (χ2n) is 4.13. The fourth-order valence-electron chi connectivity index (χ4n) is 1.53. The van der Waals surface area contributed by atoms with Gasteiger partial charge in [-0.15, -0.1) is 10.2 Å². The minimum Gasteiger partial charge on any atom is -0.506 e. The van der Waals surface area contributed by atoms with Crippen molar-refractivity contribution >= 4 is 23.3 Å². The number of azo groups is 1. The molecule has 108 valence electrons. The van der Waals surface area contributed by atoms with E-state index in [0.717, 1.165) is 0 Å². The molecule has 1 heterocycles. The number of rotatable bonds is 3. The van der Waals surface area contributed by atoms with E-state index in [2.05, 4.69) is 25.3 Å². The monoisotopic (exact) mass is 286 g/mol. The first-order valence-electron chi connectivity index (χ1n) is 6.12. The Balaban J connectivity index is 2.31. The molecule has 0 saturated heterocycles. The first-order chi connectivity index (χ1) is 10.1. The van der Waals surface area contributed by atoms with Crippen LogP contribution in [0.4, 0.5) is 22.0 Å². The molecule has 2 N–H and O–H groups in total. The van der Waals surface area contributed by atoms with E-state index in [1.54, 1.807) is 37.3 Å². The standard InChI is InChI=1S/C14H14N4O3/c1-9-7-8-11(13(15-9)16-14(20)21-2)18-17-10-5-3-4-6-12(10)19/h3-8,19H,1-2H3,(H,15,16,20). The van der Waals surface area contributed by atoms with Crippen LogP contribution in [0.3, 0.4) is 0 Å². The van der Waals surface area contributed by atoms with Gasteiger partial charge in [-0.1, -0.05) is 12.1 Å². The van der Waals surface area contributed by atoms with Crippen LogP contribution >= 0.6 is 0 Å². The molecule has 0 fully saturated rings. The SMILES string of the molecule is COC(=O)Nc1nc(C)ccc1N=Nc1ccccc1O. The van der Waals surface area contributed by atoms with Crippen LogP contribution in [0, 0.1) is 6.92 Å². The number of ether oxygens (including phenoxy) is 1. The van der Waals surface area contributed by atoms with E-state index < -0.39 is 6.09 Å². The molecule has 0 spiro atoms. The predicted molar refractivity (Wildman–Crippen MR) is 77.3 cm³/mol. The van der Waals surface area contributed by atoms with E-state index in [1.165, 1.54) is 13.2 Å². The number of carbonyl (C=O) groups excluding carboxylic acids is 1. The summed E-state index contributed by atoms with van der Waals surface area (Å²) in [6.07, 6.45) is -0.646. The zero-order valence-corrected chi connectivity index (χ0v) is 11.6. The highest BCUT2D eigenvalue weighted by molar-refractivity contribution is 5.86. The molecule has 2 aromatic rings. The molecule has 0 atom stereocenters. The third-order valence-corrected chi connectivity index (χ3v) is 2.57. The van der Waals surface area contributed by atoms with E-state index in [9.17, 15) is 9.90 Å². The van der Waals surface area contributed by atoms with Crippen molar-refractivity contribution in [2.75, 3.05) is 12.4 Å². The molecule has 2 rings (SSSR count). The summed E-state index contributed by atoms with van der Waals surface area (Å²) in [7, 11) is 1.26. The Labute approximate surface area is 121 Å². The van der Waals surface area contributed by atoms with E-state index >= 15 is 0 Å². The Kier molecular flexibility index (Phi) is 4.45. The summed E-state index contributed by atoms with van der Waals surface area (Å²) in [5.41, 5.74) is 1.39. The Bertz CT molecular complexity index is 686. The first-order valence-corrected chi connectivity index (χ1v) is 6.12. The van der Waals surface area contributed by atoms with Crippen molar-refractivity contribution in [1.29, 1.82) is 0 Å². The molecular weight excluding hydrogens is 272 g/mol. The Morgan fingerprint density at radius 3 is 2.62 bits per heavy atom. The van der Waals surface area contributed by atoms with Gasteiger partial charge >= 0.3 is 6.09 Å². The predicted octanol–water partition coefficient (Wildman–Crippen LogP) is 3.69. The van der Waals surface area contributed by atoms with E-state index in [1.807, 2.05) is 0 Å². The minimum absolute atomic E-state index is 0.0174. The highest BCUT2D eigenvalue weighted by Gasteiger charge is 2.08. The molecule has 7 nitrogen and oxygen atoms in total. The fraction of sp³-hybridized carbons (Fsp3) is 0.143. The summed E-state index contributed by atoms with van der Waals surface area (Å²) in [5.74, 6) is 0.254. The number of methoxy groups -OCH3 is 1. The summed E-state index contributed by atoms with van der Waals surface area (Å²) in [6.45, 7) is 1.78. The number of benzene rings is 1. The maximum absolute atomic E-state index is 11.3. The van der Waals surface area contributed by atoms with Crippen LogP contribution in [0.2, 0.25) is 0 Å². The van der Waals surface area contributed by atoms with Gasteiger partial charge in [-0.3, -0.25) is 5.32 Å². The number of phenolic OH excluding ortho intramolecular Hbond substituents is 1. The van der Waals surface area contributed by atoms with Gasteiger partial charge in [0.15, 0.2) is 5.82 Å². The van der Waals surface area contributed by atoms with Gasteiger partial charge < -0.3 is 9.84 Å². The third kappa shape index (κ3) is 3.75. The van der Waals surface area contributed by atoms with Gasteiger partial charge in [0, 0.05) is 5.69 Å². The summed E-state index contributed by atoms with van der Waals surface area (Å²) >= 11 is 0. The highest BCUT2D eigenvalue weighted by atomic mass is 16.5. The smallest absolute Gasteiger partial charge is 0.412 e. The maximum Gasteiger partial charge on any atom is 0.412 e. The molecule has 1 amide bonds. The number of pyridine rings is 1. The number of aromatic hydroxyl groups is 1. The molecule has 0 aliphatic heterocycles. The molecule has 0 radical (unpaired) electrons. The Hall–Kier alpha value is -2.96. The van der Waals surface area contributed by atoms with Crippen molar-refractivity contribution in [3.05, 3.63) is 42.1 Å². The van der Waals surface area contributed by atoms with Crippen molar-refractivity contribution < 1.29 is 14.6 Å². The van der Waals surface area contributed by atoms with Crippen LogP contribution in [-0.2, 0) is 4.74 Å². The number of hydrogen-bond donors (Lipinski definition) is 2. The average Bonchev–Trinajstić information content (AvgIpc) is 2.48. The summed E-state index contributed by atoms with van der Waals surface area (Å²) in [6, 6.07) is 9.95. The number of aromatic nitrogens is 1. The average molecular weight is 286 g/mol. The van der Waals surface area contributed by atoms with Crippen molar-refractivity contribution in [2.24, 2.45) is 10.2 Å². The first kappa shape index (κ1) is 14.4. The summed E-state index contributed by atoms with van der Waals surface area (Å²) in [4.78, 5) is 15.5. The van der Waals surface area contributed by atoms with Crippen LogP contribution in [-0.4, -0.2) is 23.3 Å². The van der Waals surface area contributed by atoms with Crippen molar-refractivity contribution in [3.63, 3.8) is 0 Å². The Morgan fingerprint density at radius 1 is 1.19 bits per heavy atom. The van der Waals surface area contributed by atoms with Crippen LogP contribution in [0.5, 0.6) is 5.75 Å². The minimum atomic E-state index is -0.646. The van der Waals surface area contributed by atoms with Gasteiger partial charge in [-0.2, -0.15) is 0 Å². The van der Waals surface area contributed by atoms with Gasteiger partial charge in [0.25, 0.3) is 0 Å². The number of anilines is 1. The second-order valence-corrected chi connectivity index (χ2v) is 4.13. The number of nitrogens with zero attached hydrogens (tertiary/aromatic N) is 3. The molecular formula is C14H14N4O3. The molecule has 0 bridgehead atoms. The second kappa shape index (κ2) is 6.47. The van der Waals surface area contributed by atoms with Crippen molar-refractivity contribution in [1.82, 2.24) is 4.98 Å². The van der Waals surface area contributed by atoms with Crippen molar-refractivity contribution in [3.8, 4) is 5.75 Å². The van der Waals surface area contributed by atoms with E-state index in [-0.39, 0.29) is 11.6 Å². The van der Waals surface area contributed by atoms with Gasteiger partial charge in [-0.05, 0) is 31.2 Å².